The highest BCUT2D eigenvalue weighted by atomic mass is 16.6. The average molecular weight is 847 g/mol. The molecule has 0 heterocycles. The quantitative estimate of drug-likeness (QED) is 0.0200. The number of carbonyl (C=O) groups excluding carboxylic acids is 3. The van der Waals surface area contributed by atoms with Gasteiger partial charge in [-0.05, 0) is 89.9 Å². The van der Waals surface area contributed by atoms with Gasteiger partial charge in [0.1, 0.15) is 13.2 Å². The van der Waals surface area contributed by atoms with Gasteiger partial charge in [-0.15, -0.1) is 0 Å². The first-order valence-corrected chi connectivity index (χ1v) is 24.8. The maximum atomic E-state index is 12.8. The van der Waals surface area contributed by atoms with Crippen molar-refractivity contribution in [3.8, 4) is 0 Å². The van der Waals surface area contributed by atoms with E-state index in [-0.39, 0.29) is 31.1 Å². The molecule has 0 N–H and O–H groups in total. The first kappa shape index (κ1) is 57.3. The number of rotatable bonds is 43. The monoisotopic (exact) mass is 847 g/mol. The summed E-state index contributed by atoms with van der Waals surface area (Å²) in [6.45, 7) is 6.24. The van der Waals surface area contributed by atoms with Crippen LogP contribution in [0.15, 0.2) is 97.2 Å². The molecule has 346 valence electrons. The summed E-state index contributed by atoms with van der Waals surface area (Å²) < 4.78 is 16.8. The van der Waals surface area contributed by atoms with E-state index in [1.165, 1.54) is 51.4 Å². The van der Waals surface area contributed by atoms with E-state index in [0.29, 0.717) is 19.3 Å². The molecule has 6 heteroatoms. The van der Waals surface area contributed by atoms with Crippen LogP contribution in [-0.2, 0) is 28.6 Å². The Hall–Kier alpha value is -3.67. The Morgan fingerprint density at radius 2 is 0.672 bits per heavy atom. The highest BCUT2D eigenvalue weighted by molar-refractivity contribution is 5.71. The minimum absolute atomic E-state index is 0.0942. The smallest absolute Gasteiger partial charge is 0.306 e. The highest BCUT2D eigenvalue weighted by Crippen LogP contribution is 2.14. The molecule has 1 unspecified atom stereocenters. The van der Waals surface area contributed by atoms with Gasteiger partial charge in [0, 0.05) is 19.3 Å². The summed E-state index contributed by atoms with van der Waals surface area (Å²) in [6.07, 6.45) is 63.8. The third kappa shape index (κ3) is 47.2. The van der Waals surface area contributed by atoms with E-state index in [9.17, 15) is 14.4 Å². The molecule has 0 aromatic rings. The van der Waals surface area contributed by atoms with Crippen LogP contribution in [0.5, 0.6) is 0 Å². The third-order valence-electron chi connectivity index (χ3n) is 10.2. The minimum Gasteiger partial charge on any atom is -0.462 e. The van der Waals surface area contributed by atoms with Gasteiger partial charge in [0.25, 0.3) is 0 Å². The summed E-state index contributed by atoms with van der Waals surface area (Å²) in [5.74, 6) is -0.939. The molecule has 61 heavy (non-hydrogen) atoms. The largest absolute Gasteiger partial charge is 0.462 e. The SMILES string of the molecule is CC\C=C/C=C\C=C/C=C\CCCCCCCC(=O)OCC(COC(=O)CCCCCCCCC/C=C\C/C=C\CC)OC(=O)CCCCCCCCC/C=C\C/C=C\CC. The molecule has 0 rings (SSSR count). The lowest BCUT2D eigenvalue weighted by Gasteiger charge is -2.18. The Morgan fingerprint density at radius 1 is 0.344 bits per heavy atom. The van der Waals surface area contributed by atoms with Crippen LogP contribution >= 0.6 is 0 Å². The fourth-order valence-electron chi connectivity index (χ4n) is 6.53. The second-order valence-corrected chi connectivity index (χ2v) is 16.0. The first-order valence-electron chi connectivity index (χ1n) is 24.8. The van der Waals surface area contributed by atoms with E-state index in [1.807, 2.05) is 18.2 Å². The van der Waals surface area contributed by atoms with Gasteiger partial charge < -0.3 is 14.2 Å². The highest BCUT2D eigenvalue weighted by Gasteiger charge is 2.19. The van der Waals surface area contributed by atoms with Crippen LogP contribution in [0.1, 0.15) is 213 Å². The number of hydrogen-bond donors (Lipinski definition) is 0. The first-order chi connectivity index (χ1) is 30.0. The molecule has 0 fully saturated rings. The van der Waals surface area contributed by atoms with E-state index in [2.05, 4.69) is 99.8 Å². The molecule has 0 aliphatic heterocycles. The van der Waals surface area contributed by atoms with Crippen LogP contribution in [0.25, 0.3) is 0 Å². The molecule has 0 amide bonds. The topological polar surface area (TPSA) is 78.9 Å². The zero-order valence-electron chi connectivity index (χ0n) is 39.4. The minimum atomic E-state index is -0.795. The molecule has 0 bridgehead atoms. The van der Waals surface area contributed by atoms with Gasteiger partial charge in [-0.1, -0.05) is 201 Å². The average Bonchev–Trinajstić information content (AvgIpc) is 3.26. The molecule has 0 aliphatic carbocycles. The van der Waals surface area contributed by atoms with Crippen molar-refractivity contribution in [3.05, 3.63) is 97.2 Å². The van der Waals surface area contributed by atoms with Crippen LogP contribution in [0, 0.1) is 0 Å². The molecule has 1 atom stereocenters. The van der Waals surface area contributed by atoms with Crippen molar-refractivity contribution in [2.75, 3.05) is 13.2 Å². The van der Waals surface area contributed by atoms with Crippen molar-refractivity contribution < 1.29 is 28.6 Å². The lowest BCUT2D eigenvalue weighted by Crippen LogP contribution is -2.30. The van der Waals surface area contributed by atoms with Gasteiger partial charge in [0.05, 0.1) is 0 Å². The van der Waals surface area contributed by atoms with Crippen LogP contribution in [0.3, 0.4) is 0 Å². The fourth-order valence-corrected chi connectivity index (χ4v) is 6.53. The molecular formula is C55H90O6. The second kappa shape index (κ2) is 49.0. The van der Waals surface area contributed by atoms with Crippen LogP contribution in [0.2, 0.25) is 0 Å². The summed E-state index contributed by atoms with van der Waals surface area (Å²) in [6, 6.07) is 0. The lowest BCUT2D eigenvalue weighted by molar-refractivity contribution is -0.167. The van der Waals surface area contributed by atoms with E-state index in [4.69, 9.17) is 14.2 Å². The molecule has 0 radical (unpaired) electrons. The number of ether oxygens (including phenoxy) is 3. The van der Waals surface area contributed by atoms with Gasteiger partial charge >= 0.3 is 17.9 Å². The van der Waals surface area contributed by atoms with Crippen LogP contribution < -0.4 is 0 Å². The molecule has 0 aliphatic rings. The van der Waals surface area contributed by atoms with E-state index >= 15 is 0 Å². The Bertz CT molecular complexity index is 1250. The maximum Gasteiger partial charge on any atom is 0.306 e. The Balaban J connectivity index is 4.46. The summed E-state index contributed by atoms with van der Waals surface area (Å²) in [5.41, 5.74) is 0. The van der Waals surface area contributed by atoms with E-state index in [1.54, 1.807) is 0 Å². The summed E-state index contributed by atoms with van der Waals surface area (Å²) in [4.78, 5) is 37.9. The molecule has 0 aromatic carbocycles. The standard InChI is InChI=1S/C55H90O6/c1-4-7-10-13-16-19-22-25-28-31-33-36-39-42-45-48-54(57)60-51-52(61-55(58)49-46-43-40-37-34-30-27-24-21-18-15-12-9-6-3)50-59-53(56)47-44-41-38-35-32-29-26-23-20-17-14-11-8-5-2/h7-13,16-22,25,28,52H,4-6,14-15,23-24,26-27,29-51H2,1-3H3/b10-7-,11-8-,12-9-,16-13-,20-17-,21-18-,22-19-,28-25-. The summed E-state index contributed by atoms with van der Waals surface area (Å²) in [5, 5.41) is 0. The van der Waals surface area contributed by atoms with Crippen molar-refractivity contribution in [1.82, 2.24) is 0 Å². The van der Waals surface area contributed by atoms with Gasteiger partial charge in [0.15, 0.2) is 6.10 Å². The van der Waals surface area contributed by atoms with E-state index < -0.39 is 6.10 Å². The van der Waals surface area contributed by atoms with Crippen molar-refractivity contribution in [2.45, 2.75) is 219 Å². The molecule has 6 nitrogen and oxygen atoms in total. The number of esters is 3. The lowest BCUT2D eigenvalue weighted by atomic mass is 10.1. The maximum absolute atomic E-state index is 12.8. The molecule has 0 spiro atoms. The van der Waals surface area contributed by atoms with Gasteiger partial charge in [0.2, 0.25) is 0 Å². The second-order valence-electron chi connectivity index (χ2n) is 16.0. The van der Waals surface area contributed by atoms with Gasteiger partial charge in [-0.25, -0.2) is 0 Å². The zero-order valence-corrected chi connectivity index (χ0v) is 39.4. The fraction of sp³-hybridized carbons (Fsp3) is 0.655. The van der Waals surface area contributed by atoms with Crippen LogP contribution in [0.4, 0.5) is 0 Å². The molecule has 0 saturated carbocycles. The summed E-state index contributed by atoms with van der Waals surface area (Å²) >= 11 is 0. The van der Waals surface area contributed by atoms with Crippen molar-refractivity contribution in [2.24, 2.45) is 0 Å². The predicted octanol–water partition coefficient (Wildman–Crippen LogP) is 16.2. The normalized spacial score (nSPS) is 12.9. The third-order valence-corrected chi connectivity index (χ3v) is 10.2. The Kier molecular flexibility index (Phi) is 46.0. The molecule has 0 aromatic heterocycles. The Labute approximate surface area is 375 Å². The van der Waals surface area contributed by atoms with Crippen molar-refractivity contribution >= 4 is 17.9 Å². The summed E-state index contributed by atoms with van der Waals surface area (Å²) in [7, 11) is 0. The number of allylic oxidation sites excluding steroid dienone is 16. The zero-order chi connectivity index (χ0) is 44.4. The number of unbranched alkanes of at least 4 members (excludes halogenated alkanes) is 19. The van der Waals surface area contributed by atoms with E-state index in [0.717, 1.165) is 122 Å². The van der Waals surface area contributed by atoms with Gasteiger partial charge in [-0.2, -0.15) is 0 Å². The Morgan fingerprint density at radius 3 is 1.10 bits per heavy atom. The molecular weight excluding hydrogens is 757 g/mol. The predicted molar refractivity (Wildman–Crippen MR) is 260 cm³/mol. The van der Waals surface area contributed by atoms with Gasteiger partial charge in [-0.3, -0.25) is 14.4 Å². The van der Waals surface area contributed by atoms with Crippen LogP contribution in [-0.4, -0.2) is 37.2 Å². The van der Waals surface area contributed by atoms with Crippen molar-refractivity contribution in [1.29, 1.82) is 0 Å². The van der Waals surface area contributed by atoms with Crippen molar-refractivity contribution in [3.63, 3.8) is 0 Å². The number of carbonyl (C=O) groups is 3. The molecule has 0 saturated heterocycles. The number of hydrogen-bond acceptors (Lipinski definition) is 6.